The summed E-state index contributed by atoms with van der Waals surface area (Å²) in [5.41, 5.74) is 2.45. The van der Waals surface area contributed by atoms with Crippen LogP contribution in [0.4, 0.5) is 11.5 Å². The molecule has 4 nitrogen and oxygen atoms in total. The number of nitrogens with zero attached hydrogens (tertiary/aromatic N) is 1. The van der Waals surface area contributed by atoms with Crippen molar-refractivity contribution in [3.8, 4) is 0 Å². The van der Waals surface area contributed by atoms with Gasteiger partial charge in [0.2, 0.25) is 0 Å². The van der Waals surface area contributed by atoms with Crippen LogP contribution in [0.2, 0.25) is 0 Å². The highest BCUT2D eigenvalue weighted by Crippen LogP contribution is 2.21. The first kappa shape index (κ1) is 13.5. The number of aromatic nitrogens is 1. The second-order valence-corrected chi connectivity index (χ2v) is 4.95. The SMILES string of the molecule is CNc1cc(C(=O)Nc2ccc(C)c(Br)c2)ccn1. The molecule has 5 heteroatoms. The van der Waals surface area contributed by atoms with Gasteiger partial charge in [-0.25, -0.2) is 4.98 Å². The van der Waals surface area contributed by atoms with Gasteiger partial charge in [-0.05, 0) is 36.8 Å². The van der Waals surface area contributed by atoms with Gasteiger partial charge in [0.1, 0.15) is 5.82 Å². The highest BCUT2D eigenvalue weighted by Gasteiger charge is 2.07. The van der Waals surface area contributed by atoms with E-state index >= 15 is 0 Å². The van der Waals surface area contributed by atoms with E-state index in [4.69, 9.17) is 0 Å². The zero-order chi connectivity index (χ0) is 13.8. The average Bonchev–Trinajstić information content (AvgIpc) is 2.43. The van der Waals surface area contributed by atoms with Crippen molar-refractivity contribution in [1.82, 2.24) is 4.98 Å². The molecule has 0 atom stereocenters. The van der Waals surface area contributed by atoms with Crippen molar-refractivity contribution < 1.29 is 4.79 Å². The number of aryl methyl sites for hydroxylation is 1. The average molecular weight is 320 g/mol. The van der Waals surface area contributed by atoms with E-state index in [0.717, 1.165) is 15.7 Å². The highest BCUT2D eigenvalue weighted by molar-refractivity contribution is 9.10. The lowest BCUT2D eigenvalue weighted by molar-refractivity contribution is 0.102. The van der Waals surface area contributed by atoms with Gasteiger partial charge < -0.3 is 10.6 Å². The first-order valence-corrected chi connectivity index (χ1v) is 6.61. The standard InChI is InChI=1S/C14H14BrN3O/c1-9-3-4-11(8-12(9)15)18-14(19)10-5-6-17-13(7-10)16-2/h3-8H,1-2H3,(H,16,17)(H,18,19). The Balaban J connectivity index is 2.18. The Morgan fingerprint density at radius 2 is 2.05 bits per heavy atom. The molecule has 0 fully saturated rings. The summed E-state index contributed by atoms with van der Waals surface area (Å²) in [4.78, 5) is 16.2. The fraction of sp³-hybridized carbons (Fsp3) is 0.143. The van der Waals surface area contributed by atoms with Gasteiger partial charge in [0, 0.05) is 29.0 Å². The Kier molecular flexibility index (Phi) is 4.16. The summed E-state index contributed by atoms with van der Waals surface area (Å²) in [5, 5.41) is 5.76. The van der Waals surface area contributed by atoms with Crippen LogP contribution in [-0.4, -0.2) is 17.9 Å². The number of nitrogens with one attached hydrogen (secondary N) is 2. The second-order valence-electron chi connectivity index (χ2n) is 4.10. The first-order valence-electron chi connectivity index (χ1n) is 5.81. The van der Waals surface area contributed by atoms with Crippen molar-refractivity contribution in [1.29, 1.82) is 0 Å². The summed E-state index contributed by atoms with van der Waals surface area (Å²) in [6, 6.07) is 9.09. The van der Waals surface area contributed by atoms with Gasteiger partial charge in [-0.15, -0.1) is 0 Å². The predicted octanol–water partition coefficient (Wildman–Crippen LogP) is 3.45. The fourth-order valence-corrected chi connectivity index (χ4v) is 1.96. The number of pyridine rings is 1. The van der Waals surface area contributed by atoms with Crippen LogP contribution in [0.25, 0.3) is 0 Å². The number of amides is 1. The van der Waals surface area contributed by atoms with E-state index in [1.807, 2.05) is 25.1 Å². The summed E-state index contributed by atoms with van der Waals surface area (Å²) in [6.07, 6.45) is 1.60. The molecule has 1 aromatic heterocycles. The zero-order valence-corrected chi connectivity index (χ0v) is 12.3. The van der Waals surface area contributed by atoms with Gasteiger partial charge in [-0.3, -0.25) is 4.79 Å². The Morgan fingerprint density at radius 1 is 1.26 bits per heavy atom. The maximum atomic E-state index is 12.1. The minimum atomic E-state index is -0.158. The lowest BCUT2D eigenvalue weighted by Crippen LogP contribution is -2.12. The monoisotopic (exact) mass is 319 g/mol. The van der Waals surface area contributed by atoms with Gasteiger partial charge in [-0.2, -0.15) is 0 Å². The summed E-state index contributed by atoms with van der Waals surface area (Å²) in [5.74, 6) is 0.507. The Labute approximate surface area is 120 Å². The van der Waals surface area contributed by atoms with Crippen LogP contribution in [0.15, 0.2) is 41.0 Å². The van der Waals surface area contributed by atoms with E-state index in [1.165, 1.54) is 0 Å². The molecular formula is C14H14BrN3O. The molecule has 2 aromatic rings. The smallest absolute Gasteiger partial charge is 0.255 e. The predicted molar refractivity (Wildman–Crippen MR) is 80.6 cm³/mol. The van der Waals surface area contributed by atoms with Crippen LogP contribution >= 0.6 is 15.9 Å². The fourth-order valence-electron chi connectivity index (χ4n) is 1.58. The molecule has 98 valence electrons. The van der Waals surface area contributed by atoms with E-state index in [2.05, 4.69) is 31.5 Å². The van der Waals surface area contributed by atoms with Crippen molar-refractivity contribution in [2.24, 2.45) is 0 Å². The molecule has 1 heterocycles. The lowest BCUT2D eigenvalue weighted by Gasteiger charge is -2.08. The number of hydrogen-bond acceptors (Lipinski definition) is 3. The Bertz CT molecular complexity index is 613. The molecule has 0 bridgehead atoms. The number of carbonyl (C=O) groups excluding carboxylic acids is 1. The molecule has 0 aliphatic heterocycles. The third-order valence-corrected chi connectivity index (χ3v) is 3.56. The van der Waals surface area contributed by atoms with E-state index < -0.39 is 0 Å². The molecule has 0 radical (unpaired) electrons. The second kappa shape index (κ2) is 5.84. The number of benzene rings is 1. The first-order chi connectivity index (χ1) is 9.10. The van der Waals surface area contributed by atoms with Crippen LogP contribution in [0.5, 0.6) is 0 Å². The topological polar surface area (TPSA) is 54.0 Å². The van der Waals surface area contributed by atoms with Crippen molar-refractivity contribution in [2.75, 3.05) is 17.7 Å². The largest absolute Gasteiger partial charge is 0.373 e. The molecule has 2 N–H and O–H groups in total. The molecular weight excluding hydrogens is 306 g/mol. The third-order valence-electron chi connectivity index (χ3n) is 2.71. The summed E-state index contributed by atoms with van der Waals surface area (Å²) < 4.78 is 0.968. The van der Waals surface area contributed by atoms with Gasteiger partial charge in [0.15, 0.2) is 0 Å². The maximum absolute atomic E-state index is 12.1. The number of rotatable bonds is 3. The number of carbonyl (C=O) groups is 1. The molecule has 19 heavy (non-hydrogen) atoms. The minimum Gasteiger partial charge on any atom is -0.373 e. The molecule has 0 unspecified atom stereocenters. The minimum absolute atomic E-state index is 0.158. The lowest BCUT2D eigenvalue weighted by atomic mass is 10.2. The van der Waals surface area contributed by atoms with Crippen LogP contribution in [-0.2, 0) is 0 Å². The Morgan fingerprint density at radius 3 is 2.74 bits per heavy atom. The highest BCUT2D eigenvalue weighted by atomic mass is 79.9. The summed E-state index contributed by atoms with van der Waals surface area (Å²) in [6.45, 7) is 2.00. The van der Waals surface area contributed by atoms with E-state index in [0.29, 0.717) is 11.4 Å². The molecule has 1 aromatic carbocycles. The zero-order valence-electron chi connectivity index (χ0n) is 10.7. The van der Waals surface area contributed by atoms with Crippen LogP contribution < -0.4 is 10.6 Å². The van der Waals surface area contributed by atoms with Crippen molar-refractivity contribution in [2.45, 2.75) is 6.92 Å². The quantitative estimate of drug-likeness (QED) is 0.911. The van der Waals surface area contributed by atoms with E-state index in [9.17, 15) is 4.79 Å². The van der Waals surface area contributed by atoms with E-state index in [-0.39, 0.29) is 5.91 Å². The molecule has 1 amide bonds. The third kappa shape index (κ3) is 3.32. The molecule has 0 saturated carbocycles. The normalized spacial score (nSPS) is 10.1. The van der Waals surface area contributed by atoms with Gasteiger partial charge >= 0.3 is 0 Å². The molecule has 0 saturated heterocycles. The number of anilines is 2. The molecule has 0 spiro atoms. The summed E-state index contributed by atoms with van der Waals surface area (Å²) >= 11 is 3.44. The van der Waals surface area contributed by atoms with E-state index in [1.54, 1.807) is 25.4 Å². The maximum Gasteiger partial charge on any atom is 0.255 e. The van der Waals surface area contributed by atoms with Gasteiger partial charge in [-0.1, -0.05) is 22.0 Å². The van der Waals surface area contributed by atoms with Crippen molar-refractivity contribution in [3.05, 3.63) is 52.1 Å². The Hall–Kier alpha value is -1.88. The molecule has 0 aliphatic carbocycles. The van der Waals surface area contributed by atoms with Crippen molar-refractivity contribution in [3.63, 3.8) is 0 Å². The molecule has 0 aliphatic rings. The number of hydrogen-bond donors (Lipinski definition) is 2. The number of halogens is 1. The van der Waals surface area contributed by atoms with Crippen LogP contribution in [0.1, 0.15) is 15.9 Å². The summed E-state index contributed by atoms with van der Waals surface area (Å²) in [7, 11) is 1.76. The van der Waals surface area contributed by atoms with Gasteiger partial charge in [0.05, 0.1) is 0 Å². The van der Waals surface area contributed by atoms with Crippen molar-refractivity contribution >= 4 is 33.3 Å². The van der Waals surface area contributed by atoms with Crippen LogP contribution in [0.3, 0.4) is 0 Å². The molecule has 2 rings (SSSR count). The van der Waals surface area contributed by atoms with Gasteiger partial charge in [0.25, 0.3) is 5.91 Å². The van der Waals surface area contributed by atoms with Crippen LogP contribution in [0, 0.1) is 6.92 Å².